The number of amides is 1. The lowest BCUT2D eigenvalue weighted by Crippen LogP contribution is -2.40. The third-order valence-corrected chi connectivity index (χ3v) is 6.40. The molecule has 9 heteroatoms. The number of aryl methyl sites for hydroxylation is 1. The van der Waals surface area contributed by atoms with Gasteiger partial charge in [-0.2, -0.15) is 13.2 Å². The highest BCUT2D eigenvalue weighted by molar-refractivity contribution is 7.89. The van der Waals surface area contributed by atoms with Gasteiger partial charge in [-0.25, -0.2) is 13.1 Å². The van der Waals surface area contributed by atoms with Crippen molar-refractivity contribution in [2.75, 3.05) is 13.1 Å². The summed E-state index contributed by atoms with van der Waals surface area (Å²) in [7, 11) is -4.26. The first kappa shape index (κ1) is 21.3. The maximum absolute atomic E-state index is 12.8. The molecule has 0 bridgehead atoms. The number of benzene rings is 2. The predicted molar refractivity (Wildman–Crippen MR) is 101 cm³/mol. The molecule has 0 spiro atoms. The number of hydrogen-bond acceptors (Lipinski definition) is 3. The van der Waals surface area contributed by atoms with Crippen molar-refractivity contribution in [1.82, 2.24) is 9.62 Å². The molecule has 1 saturated heterocycles. The van der Waals surface area contributed by atoms with Gasteiger partial charge in [0.1, 0.15) is 0 Å². The van der Waals surface area contributed by atoms with Gasteiger partial charge in [-0.05, 0) is 49.1 Å². The third kappa shape index (κ3) is 4.79. The number of likely N-dealkylation sites (tertiary alicyclic amines) is 1. The standard InChI is InChI=1S/C20H21F3N2O3S/c1-14-6-2-3-9-17(14)18-10-5-11-25(18)19(26)13-24-29(27,28)16-8-4-7-15(12-16)20(21,22)23/h2-4,6-9,12,18,24H,5,10-11,13H2,1H3. The highest BCUT2D eigenvalue weighted by Crippen LogP contribution is 2.34. The van der Waals surface area contributed by atoms with Crippen LogP contribution in [0.4, 0.5) is 13.2 Å². The largest absolute Gasteiger partial charge is 0.416 e. The summed E-state index contributed by atoms with van der Waals surface area (Å²) in [6.07, 6.45) is -3.08. The smallest absolute Gasteiger partial charge is 0.335 e. The van der Waals surface area contributed by atoms with Gasteiger partial charge in [0.25, 0.3) is 0 Å². The summed E-state index contributed by atoms with van der Waals surface area (Å²) in [5, 5.41) is 0. The average Bonchev–Trinajstić information content (AvgIpc) is 3.15. The highest BCUT2D eigenvalue weighted by Gasteiger charge is 2.33. The van der Waals surface area contributed by atoms with Gasteiger partial charge in [0.15, 0.2) is 0 Å². The van der Waals surface area contributed by atoms with Crippen molar-refractivity contribution < 1.29 is 26.4 Å². The first-order chi connectivity index (χ1) is 13.6. The lowest BCUT2D eigenvalue weighted by Gasteiger charge is -2.26. The molecule has 3 rings (SSSR count). The van der Waals surface area contributed by atoms with Gasteiger partial charge in [-0.15, -0.1) is 0 Å². The molecule has 0 aliphatic carbocycles. The Morgan fingerprint density at radius 3 is 2.59 bits per heavy atom. The number of alkyl halides is 3. The average molecular weight is 426 g/mol. The molecule has 1 heterocycles. The maximum atomic E-state index is 12.8. The van der Waals surface area contributed by atoms with Crippen LogP contribution in [-0.2, 0) is 21.0 Å². The van der Waals surface area contributed by atoms with Crippen LogP contribution in [0.25, 0.3) is 0 Å². The van der Waals surface area contributed by atoms with Crippen molar-refractivity contribution in [1.29, 1.82) is 0 Å². The first-order valence-electron chi connectivity index (χ1n) is 9.11. The fourth-order valence-electron chi connectivity index (χ4n) is 3.53. The van der Waals surface area contributed by atoms with Crippen LogP contribution >= 0.6 is 0 Å². The van der Waals surface area contributed by atoms with Crippen LogP contribution in [0.2, 0.25) is 0 Å². The maximum Gasteiger partial charge on any atom is 0.416 e. The lowest BCUT2D eigenvalue weighted by atomic mass is 9.99. The zero-order valence-electron chi connectivity index (χ0n) is 15.7. The molecule has 0 aromatic heterocycles. The number of carbonyl (C=O) groups excluding carboxylic acids is 1. The van der Waals surface area contributed by atoms with Crippen molar-refractivity contribution in [2.45, 2.75) is 36.9 Å². The number of hydrogen-bond donors (Lipinski definition) is 1. The van der Waals surface area contributed by atoms with Crippen molar-refractivity contribution in [3.05, 3.63) is 65.2 Å². The SMILES string of the molecule is Cc1ccccc1C1CCCN1C(=O)CNS(=O)(=O)c1cccc(C(F)(F)F)c1. The summed E-state index contributed by atoms with van der Waals surface area (Å²) in [5.74, 6) is -0.411. The minimum Gasteiger partial charge on any atom is -0.335 e. The zero-order valence-corrected chi connectivity index (χ0v) is 16.6. The van der Waals surface area contributed by atoms with E-state index in [0.717, 1.165) is 42.2 Å². The summed E-state index contributed by atoms with van der Waals surface area (Å²) >= 11 is 0. The van der Waals surface area contributed by atoms with Crippen LogP contribution in [0.1, 0.15) is 35.6 Å². The molecule has 1 fully saturated rings. The van der Waals surface area contributed by atoms with Gasteiger partial charge in [-0.3, -0.25) is 4.79 Å². The molecule has 29 heavy (non-hydrogen) atoms. The first-order valence-corrected chi connectivity index (χ1v) is 10.6. The molecular formula is C20H21F3N2O3S. The molecular weight excluding hydrogens is 405 g/mol. The van der Waals surface area contributed by atoms with Gasteiger partial charge < -0.3 is 4.90 Å². The molecule has 1 aliphatic rings. The van der Waals surface area contributed by atoms with E-state index >= 15 is 0 Å². The third-order valence-electron chi connectivity index (χ3n) is 5.01. The monoisotopic (exact) mass is 426 g/mol. The van der Waals surface area contributed by atoms with Gasteiger partial charge >= 0.3 is 6.18 Å². The molecule has 156 valence electrons. The van der Waals surface area contributed by atoms with Crippen LogP contribution in [0, 0.1) is 6.92 Å². The van der Waals surface area contributed by atoms with E-state index in [9.17, 15) is 26.4 Å². The number of nitrogens with one attached hydrogen (secondary N) is 1. The molecule has 1 unspecified atom stereocenters. The van der Waals surface area contributed by atoms with Gasteiger partial charge in [-0.1, -0.05) is 30.3 Å². The fraction of sp³-hybridized carbons (Fsp3) is 0.350. The number of rotatable bonds is 5. The van der Waals surface area contributed by atoms with Crippen molar-refractivity contribution in [2.24, 2.45) is 0 Å². The minimum absolute atomic E-state index is 0.137. The van der Waals surface area contributed by atoms with Crippen molar-refractivity contribution in [3.8, 4) is 0 Å². The molecule has 1 amide bonds. The van der Waals surface area contributed by atoms with E-state index in [-0.39, 0.29) is 6.04 Å². The molecule has 2 aromatic rings. The van der Waals surface area contributed by atoms with Crippen LogP contribution in [0.5, 0.6) is 0 Å². The number of carbonyl (C=O) groups is 1. The van der Waals surface area contributed by atoms with Crippen LogP contribution in [0.3, 0.4) is 0 Å². The van der Waals surface area contributed by atoms with Gasteiger partial charge in [0, 0.05) is 6.54 Å². The Morgan fingerprint density at radius 2 is 1.90 bits per heavy atom. The van der Waals surface area contributed by atoms with E-state index in [0.29, 0.717) is 12.6 Å². The van der Waals surface area contributed by atoms with E-state index in [1.807, 2.05) is 31.2 Å². The van der Waals surface area contributed by atoms with E-state index in [1.54, 1.807) is 4.90 Å². The summed E-state index contributed by atoms with van der Waals surface area (Å²) in [6, 6.07) is 11.0. The highest BCUT2D eigenvalue weighted by atomic mass is 32.2. The zero-order chi connectivity index (χ0) is 21.2. The van der Waals surface area contributed by atoms with Gasteiger partial charge in [0.05, 0.1) is 23.0 Å². The molecule has 1 N–H and O–H groups in total. The van der Waals surface area contributed by atoms with Crippen LogP contribution < -0.4 is 4.72 Å². The van der Waals surface area contributed by atoms with Crippen molar-refractivity contribution >= 4 is 15.9 Å². The Labute approximate surface area is 167 Å². The number of halogens is 3. The molecule has 1 atom stereocenters. The van der Waals surface area contributed by atoms with Crippen LogP contribution in [0.15, 0.2) is 53.4 Å². The second-order valence-electron chi connectivity index (χ2n) is 6.95. The minimum atomic E-state index is -4.66. The predicted octanol–water partition coefficient (Wildman–Crippen LogP) is 3.66. The quantitative estimate of drug-likeness (QED) is 0.794. The van der Waals surface area contributed by atoms with E-state index in [1.165, 1.54) is 0 Å². The Hall–Kier alpha value is -2.39. The van der Waals surface area contributed by atoms with Crippen molar-refractivity contribution in [3.63, 3.8) is 0 Å². The second-order valence-corrected chi connectivity index (χ2v) is 8.72. The van der Waals surface area contributed by atoms with Gasteiger partial charge in [0.2, 0.25) is 15.9 Å². The topological polar surface area (TPSA) is 66.5 Å². The normalized spacial score (nSPS) is 17.5. The fourth-order valence-corrected chi connectivity index (χ4v) is 4.55. The number of sulfonamides is 1. The Kier molecular flexibility index (Phi) is 6.00. The number of nitrogens with zero attached hydrogens (tertiary/aromatic N) is 1. The van der Waals surface area contributed by atoms with E-state index < -0.39 is 39.1 Å². The summed E-state index contributed by atoms with van der Waals surface area (Å²) < 4.78 is 65.4. The van der Waals surface area contributed by atoms with E-state index in [2.05, 4.69) is 4.72 Å². The Balaban J connectivity index is 1.72. The Morgan fingerprint density at radius 1 is 1.17 bits per heavy atom. The molecule has 0 saturated carbocycles. The molecule has 2 aromatic carbocycles. The molecule has 5 nitrogen and oxygen atoms in total. The van der Waals surface area contributed by atoms with Crippen LogP contribution in [-0.4, -0.2) is 32.3 Å². The molecule has 0 radical (unpaired) electrons. The summed E-state index contributed by atoms with van der Waals surface area (Å²) in [5.41, 5.74) is 0.992. The molecule has 1 aliphatic heterocycles. The van der Waals surface area contributed by atoms with E-state index in [4.69, 9.17) is 0 Å². The lowest BCUT2D eigenvalue weighted by molar-refractivity contribution is -0.137. The summed E-state index contributed by atoms with van der Waals surface area (Å²) in [6.45, 7) is 1.94. The second kappa shape index (κ2) is 8.16. The Bertz CT molecular complexity index is 1010. The summed E-state index contributed by atoms with van der Waals surface area (Å²) in [4.78, 5) is 13.8.